The van der Waals surface area contributed by atoms with Crippen molar-refractivity contribution in [2.24, 2.45) is 0 Å². The highest BCUT2D eigenvalue weighted by Crippen LogP contribution is 2.19. The molecule has 6 nitrogen and oxygen atoms in total. The highest BCUT2D eigenvalue weighted by molar-refractivity contribution is 7.89. The lowest BCUT2D eigenvalue weighted by Crippen LogP contribution is -2.38. The zero-order valence-electron chi connectivity index (χ0n) is 12.2. The van der Waals surface area contributed by atoms with Crippen LogP contribution >= 0.6 is 0 Å². The van der Waals surface area contributed by atoms with E-state index in [0.717, 1.165) is 0 Å². The Kier molecular flexibility index (Phi) is 6.32. The number of sulfonamides is 1. The molecule has 0 saturated carbocycles. The molecule has 0 aromatic heterocycles. The maximum absolute atomic E-state index is 12.5. The molecular weight excluding hydrogens is 294 g/mol. The van der Waals surface area contributed by atoms with Crippen LogP contribution in [0.3, 0.4) is 0 Å². The summed E-state index contributed by atoms with van der Waals surface area (Å²) in [6.07, 6.45) is 0.229. The zero-order chi connectivity index (χ0) is 16.0. The summed E-state index contributed by atoms with van der Waals surface area (Å²) in [5, 5.41) is 17.6. The molecule has 0 bridgehead atoms. The molecule has 2 N–H and O–H groups in total. The van der Waals surface area contributed by atoms with Gasteiger partial charge in [0, 0.05) is 19.2 Å². The number of benzene rings is 1. The van der Waals surface area contributed by atoms with Crippen LogP contribution in [0.15, 0.2) is 29.2 Å². The van der Waals surface area contributed by atoms with Crippen LogP contribution in [-0.4, -0.2) is 48.1 Å². The van der Waals surface area contributed by atoms with Gasteiger partial charge in [0.15, 0.2) is 0 Å². The van der Waals surface area contributed by atoms with E-state index in [1.807, 2.05) is 0 Å². The van der Waals surface area contributed by atoms with Gasteiger partial charge in [0.25, 0.3) is 0 Å². The summed E-state index contributed by atoms with van der Waals surface area (Å²) in [7, 11) is -3.64. The van der Waals surface area contributed by atoms with Crippen molar-refractivity contribution in [2.45, 2.75) is 37.6 Å². The molecule has 21 heavy (non-hydrogen) atoms. The smallest absolute Gasteiger partial charge is 0.307 e. The van der Waals surface area contributed by atoms with Gasteiger partial charge >= 0.3 is 5.97 Å². The molecular formula is C14H21NO5S. The van der Waals surface area contributed by atoms with Gasteiger partial charge < -0.3 is 10.2 Å². The van der Waals surface area contributed by atoms with Crippen molar-refractivity contribution in [1.29, 1.82) is 0 Å². The summed E-state index contributed by atoms with van der Waals surface area (Å²) in [4.78, 5) is 10.7. The van der Waals surface area contributed by atoms with E-state index in [1.165, 1.54) is 28.6 Å². The molecule has 0 saturated heterocycles. The van der Waals surface area contributed by atoms with E-state index >= 15 is 0 Å². The Morgan fingerprint density at radius 2 is 1.81 bits per heavy atom. The molecule has 0 aliphatic rings. The van der Waals surface area contributed by atoms with E-state index < -0.39 is 16.0 Å². The highest BCUT2D eigenvalue weighted by Gasteiger charge is 2.26. The van der Waals surface area contributed by atoms with Crippen LogP contribution in [0.4, 0.5) is 0 Å². The molecule has 1 aromatic carbocycles. The molecule has 0 heterocycles. The van der Waals surface area contributed by atoms with E-state index in [9.17, 15) is 13.2 Å². The van der Waals surface area contributed by atoms with Crippen molar-refractivity contribution in [3.63, 3.8) is 0 Å². The second kappa shape index (κ2) is 7.53. The Labute approximate surface area is 125 Å². The van der Waals surface area contributed by atoms with Crippen LogP contribution in [0.2, 0.25) is 0 Å². The zero-order valence-corrected chi connectivity index (χ0v) is 13.0. The van der Waals surface area contributed by atoms with Gasteiger partial charge in [-0.1, -0.05) is 12.1 Å². The minimum absolute atomic E-state index is 0.0731. The minimum Gasteiger partial charge on any atom is -0.481 e. The van der Waals surface area contributed by atoms with E-state index in [2.05, 4.69) is 0 Å². The number of aliphatic hydroxyl groups is 1. The summed E-state index contributed by atoms with van der Waals surface area (Å²) in [5.41, 5.74) is 0.549. The van der Waals surface area contributed by atoms with Crippen LogP contribution in [0.1, 0.15) is 25.8 Å². The first-order valence-electron chi connectivity index (χ1n) is 6.72. The Balaban J connectivity index is 3.02. The van der Waals surface area contributed by atoms with Crippen molar-refractivity contribution in [1.82, 2.24) is 4.31 Å². The number of nitrogens with zero attached hydrogens (tertiary/aromatic N) is 1. The molecule has 0 aliphatic heterocycles. The lowest BCUT2D eigenvalue weighted by Gasteiger charge is -2.25. The predicted molar refractivity (Wildman–Crippen MR) is 78.5 cm³/mol. The maximum Gasteiger partial charge on any atom is 0.307 e. The molecule has 0 fully saturated rings. The van der Waals surface area contributed by atoms with Crippen molar-refractivity contribution < 1.29 is 23.4 Å². The molecule has 0 spiro atoms. The molecule has 0 radical (unpaired) electrons. The fourth-order valence-electron chi connectivity index (χ4n) is 1.97. The topological polar surface area (TPSA) is 94.9 Å². The van der Waals surface area contributed by atoms with Crippen LogP contribution in [-0.2, 0) is 21.2 Å². The fraction of sp³-hybridized carbons (Fsp3) is 0.500. The van der Waals surface area contributed by atoms with Crippen molar-refractivity contribution in [2.75, 3.05) is 13.2 Å². The molecule has 0 amide bonds. The molecule has 1 aromatic rings. The van der Waals surface area contributed by atoms with Crippen molar-refractivity contribution >= 4 is 16.0 Å². The number of carbonyl (C=O) groups is 1. The summed E-state index contributed by atoms with van der Waals surface area (Å²) in [5.74, 6) is -0.961. The van der Waals surface area contributed by atoms with Gasteiger partial charge in [0.05, 0.1) is 11.3 Å². The second-order valence-corrected chi connectivity index (χ2v) is 6.89. The Hall–Kier alpha value is -1.44. The Bertz CT molecular complexity index is 566. The third-order valence-corrected chi connectivity index (χ3v) is 5.09. The van der Waals surface area contributed by atoms with Crippen LogP contribution < -0.4 is 0 Å². The van der Waals surface area contributed by atoms with E-state index in [4.69, 9.17) is 10.2 Å². The highest BCUT2D eigenvalue weighted by atomic mass is 32.2. The molecule has 0 aliphatic carbocycles. The fourth-order valence-corrected chi connectivity index (χ4v) is 3.65. The summed E-state index contributed by atoms with van der Waals surface area (Å²) in [6.45, 7) is 3.71. The quantitative estimate of drug-likeness (QED) is 0.749. The van der Waals surface area contributed by atoms with Gasteiger partial charge in [0.1, 0.15) is 0 Å². The first-order chi connectivity index (χ1) is 9.78. The standard InChI is InChI=1S/C14H21NO5S/c1-11(2)15(8-3-9-16)21(19,20)13-6-4-12(5-7-13)10-14(17)18/h4-7,11,16H,3,8-10H2,1-2H3,(H,17,18). The Morgan fingerprint density at radius 3 is 2.24 bits per heavy atom. The number of carboxylic acids is 1. The van der Waals surface area contributed by atoms with Crippen LogP contribution in [0, 0.1) is 0 Å². The minimum atomic E-state index is -3.64. The molecule has 7 heteroatoms. The first-order valence-corrected chi connectivity index (χ1v) is 8.16. The number of rotatable bonds is 8. The summed E-state index contributed by atoms with van der Waals surface area (Å²) in [6, 6.07) is 5.63. The second-order valence-electron chi connectivity index (χ2n) is 5.00. The lowest BCUT2D eigenvalue weighted by molar-refractivity contribution is -0.136. The number of aliphatic hydroxyl groups excluding tert-OH is 1. The van der Waals surface area contributed by atoms with Crippen molar-refractivity contribution in [3.05, 3.63) is 29.8 Å². The maximum atomic E-state index is 12.5. The lowest BCUT2D eigenvalue weighted by atomic mass is 10.2. The normalized spacial score (nSPS) is 12.0. The summed E-state index contributed by atoms with van der Waals surface area (Å²) >= 11 is 0. The van der Waals surface area contributed by atoms with Gasteiger partial charge in [0.2, 0.25) is 10.0 Å². The molecule has 0 unspecified atom stereocenters. The molecule has 1 rings (SSSR count). The monoisotopic (exact) mass is 315 g/mol. The summed E-state index contributed by atoms with van der Waals surface area (Å²) < 4.78 is 26.4. The third kappa shape index (κ3) is 4.80. The first kappa shape index (κ1) is 17.6. The number of carboxylic acid groups (broad SMARTS) is 1. The average molecular weight is 315 g/mol. The van der Waals surface area contributed by atoms with Crippen LogP contribution in [0.25, 0.3) is 0 Å². The van der Waals surface area contributed by atoms with Gasteiger partial charge in [-0.15, -0.1) is 0 Å². The van der Waals surface area contributed by atoms with Gasteiger partial charge in [-0.05, 0) is 38.0 Å². The predicted octanol–water partition coefficient (Wildman–Crippen LogP) is 1.10. The number of hydrogen-bond acceptors (Lipinski definition) is 4. The van der Waals surface area contributed by atoms with Gasteiger partial charge in [-0.3, -0.25) is 4.79 Å². The Morgan fingerprint density at radius 1 is 1.24 bits per heavy atom. The number of hydrogen-bond donors (Lipinski definition) is 2. The van der Waals surface area contributed by atoms with Gasteiger partial charge in [-0.2, -0.15) is 4.31 Å². The molecule has 0 atom stereocenters. The SMILES string of the molecule is CC(C)N(CCCO)S(=O)(=O)c1ccc(CC(=O)O)cc1. The largest absolute Gasteiger partial charge is 0.481 e. The van der Waals surface area contributed by atoms with E-state index in [-0.39, 0.29) is 30.5 Å². The van der Waals surface area contributed by atoms with Crippen LogP contribution in [0.5, 0.6) is 0 Å². The third-order valence-electron chi connectivity index (χ3n) is 3.00. The van der Waals surface area contributed by atoms with Gasteiger partial charge in [-0.25, -0.2) is 8.42 Å². The average Bonchev–Trinajstić information content (AvgIpc) is 2.38. The number of aliphatic carboxylic acids is 1. The van der Waals surface area contributed by atoms with Crippen molar-refractivity contribution in [3.8, 4) is 0 Å². The van der Waals surface area contributed by atoms with E-state index in [0.29, 0.717) is 12.0 Å². The van der Waals surface area contributed by atoms with E-state index in [1.54, 1.807) is 13.8 Å². The molecule has 118 valence electrons.